The van der Waals surface area contributed by atoms with Crippen LogP contribution < -0.4 is 5.32 Å². The molecule has 1 atom stereocenters. The Labute approximate surface area is 127 Å². The van der Waals surface area contributed by atoms with E-state index in [1.807, 2.05) is 6.07 Å². The van der Waals surface area contributed by atoms with Crippen LogP contribution in [0, 0.1) is 0 Å². The highest BCUT2D eigenvalue weighted by Gasteiger charge is 2.30. The van der Waals surface area contributed by atoms with Gasteiger partial charge < -0.3 is 10.2 Å². The van der Waals surface area contributed by atoms with Crippen molar-refractivity contribution in [2.45, 2.75) is 57.0 Å². The minimum Gasteiger partial charge on any atom is -0.341 e. The molecular weight excluding hydrogens is 260 g/mol. The maximum absolute atomic E-state index is 12.1. The maximum Gasteiger partial charge on any atom is 0.224 e. The van der Waals surface area contributed by atoms with Crippen molar-refractivity contribution >= 4 is 5.91 Å². The lowest BCUT2D eigenvalue weighted by molar-refractivity contribution is -0.127. The molecular formula is C18H26N2O. The zero-order valence-electron chi connectivity index (χ0n) is 12.8. The summed E-state index contributed by atoms with van der Waals surface area (Å²) in [5, 5.41) is 3.68. The van der Waals surface area contributed by atoms with Gasteiger partial charge in [0.1, 0.15) is 0 Å². The van der Waals surface area contributed by atoms with E-state index in [4.69, 9.17) is 0 Å². The molecule has 1 aromatic rings. The fraction of sp³-hybridized carbons (Fsp3) is 0.611. The van der Waals surface area contributed by atoms with Gasteiger partial charge in [-0.15, -0.1) is 0 Å². The first-order valence-electron chi connectivity index (χ1n) is 8.39. The van der Waals surface area contributed by atoms with E-state index in [-0.39, 0.29) is 0 Å². The van der Waals surface area contributed by atoms with E-state index >= 15 is 0 Å². The van der Waals surface area contributed by atoms with E-state index in [1.165, 1.54) is 31.2 Å². The summed E-state index contributed by atoms with van der Waals surface area (Å²) in [7, 11) is 0. The van der Waals surface area contributed by atoms with Crippen molar-refractivity contribution in [3.05, 3.63) is 35.9 Å². The van der Waals surface area contributed by atoms with Gasteiger partial charge in [0.05, 0.1) is 0 Å². The van der Waals surface area contributed by atoms with Crippen LogP contribution in [0.25, 0.3) is 0 Å². The fourth-order valence-electron chi connectivity index (χ4n) is 3.64. The van der Waals surface area contributed by atoms with E-state index in [2.05, 4.69) is 34.5 Å². The Morgan fingerprint density at radius 3 is 2.62 bits per heavy atom. The van der Waals surface area contributed by atoms with Crippen molar-refractivity contribution in [3.63, 3.8) is 0 Å². The summed E-state index contributed by atoms with van der Waals surface area (Å²) >= 11 is 0. The summed E-state index contributed by atoms with van der Waals surface area (Å²) in [6.45, 7) is 1.81. The molecule has 0 spiro atoms. The molecule has 1 aliphatic carbocycles. The van der Waals surface area contributed by atoms with E-state index in [0.717, 1.165) is 25.9 Å². The molecule has 1 heterocycles. The predicted octanol–water partition coefficient (Wildman–Crippen LogP) is 2.75. The topological polar surface area (TPSA) is 32.3 Å². The van der Waals surface area contributed by atoms with Crippen molar-refractivity contribution < 1.29 is 4.79 Å². The molecule has 21 heavy (non-hydrogen) atoms. The van der Waals surface area contributed by atoms with E-state index in [1.54, 1.807) is 0 Å². The van der Waals surface area contributed by atoms with Gasteiger partial charge in [-0.1, -0.05) is 43.2 Å². The second-order valence-corrected chi connectivity index (χ2v) is 6.48. The quantitative estimate of drug-likeness (QED) is 0.872. The minimum atomic E-state index is 0.332. The number of hydrogen-bond acceptors (Lipinski definition) is 2. The van der Waals surface area contributed by atoms with Crippen LogP contribution in [0.3, 0.4) is 0 Å². The Hall–Kier alpha value is -1.35. The molecule has 1 saturated carbocycles. The smallest absolute Gasteiger partial charge is 0.224 e. The zero-order chi connectivity index (χ0) is 14.5. The average Bonchev–Trinajstić information content (AvgIpc) is 3.11. The molecule has 1 amide bonds. The molecule has 1 unspecified atom stereocenters. The lowest BCUT2D eigenvalue weighted by Crippen LogP contribution is -2.38. The van der Waals surface area contributed by atoms with Crippen LogP contribution in [0.4, 0.5) is 0 Å². The molecule has 114 valence electrons. The Morgan fingerprint density at radius 1 is 1.10 bits per heavy atom. The van der Waals surface area contributed by atoms with Crippen LogP contribution in [0.1, 0.15) is 44.1 Å². The summed E-state index contributed by atoms with van der Waals surface area (Å²) < 4.78 is 0. The van der Waals surface area contributed by atoms with Gasteiger partial charge in [0.15, 0.2) is 0 Å². The monoisotopic (exact) mass is 286 g/mol. The highest BCUT2D eigenvalue weighted by Crippen LogP contribution is 2.21. The van der Waals surface area contributed by atoms with Gasteiger partial charge in [-0.2, -0.15) is 0 Å². The van der Waals surface area contributed by atoms with Crippen LogP contribution in [0.2, 0.25) is 0 Å². The molecule has 1 aliphatic heterocycles. The Morgan fingerprint density at radius 2 is 1.86 bits per heavy atom. The molecule has 0 radical (unpaired) electrons. The fourth-order valence-corrected chi connectivity index (χ4v) is 3.64. The lowest BCUT2D eigenvalue weighted by Gasteiger charge is -2.19. The van der Waals surface area contributed by atoms with Crippen molar-refractivity contribution in [2.75, 3.05) is 13.1 Å². The summed E-state index contributed by atoms with van der Waals surface area (Å²) in [5.74, 6) is 0.332. The number of hydrogen-bond donors (Lipinski definition) is 1. The summed E-state index contributed by atoms with van der Waals surface area (Å²) in [4.78, 5) is 14.1. The normalized spacial score (nSPS) is 23.1. The van der Waals surface area contributed by atoms with Crippen molar-refractivity contribution in [1.82, 2.24) is 10.2 Å². The number of carbonyl (C=O) groups excluding carboxylic acids is 1. The molecule has 1 saturated heterocycles. The summed E-state index contributed by atoms with van der Waals surface area (Å²) in [6, 6.07) is 11.6. The highest BCUT2D eigenvalue weighted by atomic mass is 16.2. The second kappa shape index (κ2) is 7.08. The third-order valence-corrected chi connectivity index (χ3v) is 4.78. The molecule has 1 aromatic carbocycles. The highest BCUT2D eigenvalue weighted by molar-refractivity contribution is 5.79. The third-order valence-electron chi connectivity index (χ3n) is 4.78. The predicted molar refractivity (Wildman–Crippen MR) is 85.1 cm³/mol. The standard InChI is InChI=1S/C18H26N2O/c21-18-13-17(19-16-10-4-5-11-16)14-20(18)12-6-9-15-7-2-1-3-8-15/h1-3,7-8,16-17,19H,4-6,9-14H2. The third kappa shape index (κ3) is 4.07. The summed E-state index contributed by atoms with van der Waals surface area (Å²) in [6.07, 6.45) is 8.09. The Bertz CT molecular complexity index is 454. The van der Waals surface area contributed by atoms with Gasteiger partial charge in [-0.05, 0) is 31.2 Å². The number of nitrogens with zero attached hydrogens (tertiary/aromatic N) is 1. The Balaban J connectivity index is 1.40. The first-order valence-corrected chi connectivity index (χ1v) is 8.39. The molecule has 0 aromatic heterocycles. The van der Waals surface area contributed by atoms with Crippen molar-refractivity contribution in [3.8, 4) is 0 Å². The molecule has 3 nitrogen and oxygen atoms in total. The van der Waals surface area contributed by atoms with Crippen LogP contribution in [-0.4, -0.2) is 36.0 Å². The number of likely N-dealkylation sites (tertiary alicyclic amines) is 1. The molecule has 3 heteroatoms. The number of benzene rings is 1. The largest absolute Gasteiger partial charge is 0.341 e. The van der Waals surface area contributed by atoms with Crippen molar-refractivity contribution in [2.24, 2.45) is 0 Å². The van der Waals surface area contributed by atoms with E-state index in [9.17, 15) is 4.79 Å². The van der Waals surface area contributed by atoms with Gasteiger partial charge in [-0.25, -0.2) is 0 Å². The number of carbonyl (C=O) groups is 1. The van der Waals surface area contributed by atoms with Crippen LogP contribution >= 0.6 is 0 Å². The Kier molecular flexibility index (Phi) is 4.91. The van der Waals surface area contributed by atoms with Crippen molar-refractivity contribution in [1.29, 1.82) is 0 Å². The van der Waals surface area contributed by atoms with Gasteiger partial charge in [0.25, 0.3) is 0 Å². The maximum atomic E-state index is 12.1. The van der Waals surface area contributed by atoms with Crippen LogP contribution in [0.15, 0.2) is 30.3 Å². The minimum absolute atomic E-state index is 0.332. The molecule has 1 N–H and O–H groups in total. The van der Waals surface area contributed by atoms with Crippen LogP contribution in [-0.2, 0) is 11.2 Å². The van der Waals surface area contributed by atoms with Gasteiger partial charge in [-0.3, -0.25) is 4.79 Å². The number of nitrogens with one attached hydrogen (secondary N) is 1. The van der Waals surface area contributed by atoms with E-state index < -0.39 is 0 Å². The first kappa shape index (κ1) is 14.6. The van der Waals surface area contributed by atoms with E-state index in [0.29, 0.717) is 24.4 Å². The average molecular weight is 286 g/mol. The molecule has 2 fully saturated rings. The summed E-state index contributed by atoms with van der Waals surface area (Å²) in [5.41, 5.74) is 1.37. The lowest BCUT2D eigenvalue weighted by atomic mass is 10.1. The number of rotatable bonds is 6. The molecule has 2 aliphatic rings. The molecule has 3 rings (SSSR count). The number of aryl methyl sites for hydroxylation is 1. The zero-order valence-corrected chi connectivity index (χ0v) is 12.8. The van der Waals surface area contributed by atoms with Crippen LogP contribution in [0.5, 0.6) is 0 Å². The van der Waals surface area contributed by atoms with Gasteiger partial charge in [0.2, 0.25) is 5.91 Å². The van der Waals surface area contributed by atoms with Gasteiger partial charge in [0, 0.05) is 31.6 Å². The first-order chi connectivity index (χ1) is 10.3. The SMILES string of the molecule is O=C1CC(NC2CCCC2)CN1CCCc1ccccc1. The molecule has 0 bridgehead atoms. The van der Waals surface area contributed by atoms with Gasteiger partial charge >= 0.3 is 0 Å². The number of amides is 1. The second-order valence-electron chi connectivity index (χ2n) is 6.48.